The number of aliphatic hydroxyl groups is 1. The molecule has 2 atom stereocenters. The summed E-state index contributed by atoms with van der Waals surface area (Å²) in [5.41, 5.74) is 10.7. The molecule has 0 unspecified atom stereocenters. The van der Waals surface area contributed by atoms with Gasteiger partial charge in [0.05, 0.1) is 12.1 Å². The molecule has 0 fully saturated rings. The Balaban J connectivity index is 2.28. The second-order valence-corrected chi connectivity index (χ2v) is 4.81. The van der Waals surface area contributed by atoms with Crippen LogP contribution in [0.3, 0.4) is 0 Å². The summed E-state index contributed by atoms with van der Waals surface area (Å²) in [6.45, 7) is 1.43. The van der Waals surface area contributed by atoms with Crippen molar-refractivity contribution in [2.45, 2.75) is 19.1 Å². The highest BCUT2D eigenvalue weighted by molar-refractivity contribution is 5.88. The van der Waals surface area contributed by atoms with Gasteiger partial charge in [0, 0.05) is 17.5 Å². The highest BCUT2D eigenvalue weighted by Crippen LogP contribution is 2.32. The van der Waals surface area contributed by atoms with E-state index in [1.165, 1.54) is 6.92 Å². The van der Waals surface area contributed by atoms with Crippen LogP contribution in [0.4, 0.5) is 5.69 Å². The fourth-order valence-electron chi connectivity index (χ4n) is 2.17. The van der Waals surface area contributed by atoms with Gasteiger partial charge in [0.1, 0.15) is 0 Å². The zero-order valence-electron chi connectivity index (χ0n) is 12.0. The molecule has 2 rings (SSSR count). The molecule has 6 heteroatoms. The summed E-state index contributed by atoms with van der Waals surface area (Å²) < 4.78 is 0. The van der Waals surface area contributed by atoms with Crippen molar-refractivity contribution in [3.63, 3.8) is 0 Å². The van der Waals surface area contributed by atoms with E-state index in [2.05, 4.69) is 15.3 Å². The molecule has 2 aromatic carbocycles. The molecule has 1 amide bonds. The van der Waals surface area contributed by atoms with Crippen molar-refractivity contribution in [3.8, 4) is 0 Å². The van der Waals surface area contributed by atoms with E-state index < -0.39 is 12.1 Å². The number of hydrogen-bond donors (Lipinski definition) is 2. The molecule has 0 saturated heterocycles. The molecule has 0 aliphatic carbocycles. The summed E-state index contributed by atoms with van der Waals surface area (Å²) in [6.07, 6.45) is -0.941. The van der Waals surface area contributed by atoms with E-state index in [4.69, 9.17) is 5.53 Å². The smallest absolute Gasteiger partial charge is 0.221 e. The summed E-state index contributed by atoms with van der Waals surface area (Å²) in [5.74, 6) is -0.163. The van der Waals surface area contributed by atoms with Crippen LogP contribution in [0.5, 0.6) is 0 Å². The largest absolute Gasteiger partial charge is 0.388 e. The number of azide groups is 1. The predicted molar refractivity (Wildman–Crippen MR) is 84.0 cm³/mol. The molecule has 0 bridgehead atoms. The van der Waals surface area contributed by atoms with Gasteiger partial charge in [-0.05, 0) is 28.8 Å². The van der Waals surface area contributed by atoms with Gasteiger partial charge in [-0.3, -0.25) is 4.79 Å². The summed E-state index contributed by atoms with van der Waals surface area (Å²) in [7, 11) is 0. The van der Waals surface area contributed by atoms with Crippen molar-refractivity contribution in [1.29, 1.82) is 0 Å². The van der Waals surface area contributed by atoms with Crippen molar-refractivity contribution in [2.75, 3.05) is 5.32 Å². The third-order valence-corrected chi connectivity index (χ3v) is 3.19. The van der Waals surface area contributed by atoms with Crippen LogP contribution in [0.1, 0.15) is 30.2 Å². The van der Waals surface area contributed by atoms with Crippen LogP contribution < -0.4 is 5.32 Å². The van der Waals surface area contributed by atoms with Crippen molar-refractivity contribution >= 4 is 11.6 Å². The number of benzene rings is 2. The Bertz CT molecular complexity index is 679. The van der Waals surface area contributed by atoms with Crippen LogP contribution >= 0.6 is 0 Å². The van der Waals surface area contributed by atoms with E-state index in [-0.39, 0.29) is 5.91 Å². The molecule has 6 nitrogen and oxygen atoms in total. The van der Waals surface area contributed by atoms with Gasteiger partial charge in [0.15, 0.2) is 0 Å². The average molecular weight is 296 g/mol. The Kier molecular flexibility index (Phi) is 5.14. The molecule has 2 aromatic rings. The number of rotatable bonds is 5. The number of aliphatic hydroxyl groups excluding tert-OH is 1. The van der Waals surface area contributed by atoms with Gasteiger partial charge in [-0.15, -0.1) is 0 Å². The number of amides is 1. The number of nitrogens with zero attached hydrogens (tertiary/aromatic N) is 3. The molecule has 0 aliphatic heterocycles. The zero-order valence-corrected chi connectivity index (χ0v) is 12.0. The van der Waals surface area contributed by atoms with Crippen molar-refractivity contribution in [2.24, 2.45) is 5.11 Å². The Morgan fingerprint density at radius 1 is 1.14 bits per heavy atom. The van der Waals surface area contributed by atoms with E-state index in [0.29, 0.717) is 16.8 Å². The third kappa shape index (κ3) is 3.85. The molecule has 0 aliphatic rings. The van der Waals surface area contributed by atoms with Gasteiger partial charge in [-0.2, -0.15) is 0 Å². The number of hydrogen-bond acceptors (Lipinski definition) is 3. The molecule has 112 valence electrons. The lowest BCUT2D eigenvalue weighted by Crippen LogP contribution is -2.09. The minimum atomic E-state index is -0.941. The molecule has 0 radical (unpaired) electrons. The van der Waals surface area contributed by atoms with Crippen LogP contribution in [0.25, 0.3) is 10.4 Å². The second kappa shape index (κ2) is 7.26. The SMILES string of the molecule is CC(=O)Nc1ccc([C@@H](N=[N+]=[N-])[C@H](O)c2ccccc2)cc1. The van der Waals surface area contributed by atoms with Crippen molar-refractivity contribution in [3.05, 3.63) is 76.2 Å². The molecule has 0 saturated carbocycles. The van der Waals surface area contributed by atoms with Gasteiger partial charge in [0.25, 0.3) is 0 Å². The van der Waals surface area contributed by atoms with E-state index in [9.17, 15) is 9.90 Å². The topological polar surface area (TPSA) is 98.1 Å². The Hall–Kier alpha value is -2.82. The average Bonchev–Trinajstić information content (AvgIpc) is 2.53. The lowest BCUT2D eigenvalue weighted by molar-refractivity contribution is -0.114. The molecular formula is C16H16N4O2. The normalized spacial score (nSPS) is 12.8. The second-order valence-electron chi connectivity index (χ2n) is 4.81. The quantitative estimate of drug-likeness (QED) is 0.499. The summed E-state index contributed by atoms with van der Waals surface area (Å²) in [6, 6.07) is 15.1. The number of nitrogens with one attached hydrogen (secondary N) is 1. The van der Waals surface area contributed by atoms with Crippen LogP contribution in [0, 0.1) is 0 Å². The number of anilines is 1. The van der Waals surface area contributed by atoms with E-state index >= 15 is 0 Å². The fourth-order valence-corrected chi connectivity index (χ4v) is 2.17. The molecule has 2 N–H and O–H groups in total. The van der Waals surface area contributed by atoms with Crippen LogP contribution in [-0.2, 0) is 4.79 Å². The van der Waals surface area contributed by atoms with E-state index in [0.717, 1.165) is 0 Å². The highest BCUT2D eigenvalue weighted by Gasteiger charge is 2.21. The monoisotopic (exact) mass is 296 g/mol. The van der Waals surface area contributed by atoms with Gasteiger partial charge < -0.3 is 10.4 Å². The molecule has 0 heterocycles. The lowest BCUT2D eigenvalue weighted by Gasteiger charge is -2.19. The van der Waals surface area contributed by atoms with E-state index in [1.54, 1.807) is 36.4 Å². The fraction of sp³-hybridized carbons (Fsp3) is 0.188. The van der Waals surface area contributed by atoms with Gasteiger partial charge in [-0.25, -0.2) is 0 Å². The lowest BCUT2D eigenvalue weighted by atomic mass is 9.96. The first kappa shape index (κ1) is 15.6. The van der Waals surface area contributed by atoms with Gasteiger partial charge in [0.2, 0.25) is 5.91 Å². The Morgan fingerprint density at radius 3 is 2.32 bits per heavy atom. The number of carbonyl (C=O) groups excluding carboxylic acids is 1. The maximum absolute atomic E-state index is 11.0. The van der Waals surface area contributed by atoms with E-state index in [1.807, 2.05) is 18.2 Å². The van der Waals surface area contributed by atoms with Crippen molar-refractivity contribution < 1.29 is 9.90 Å². The van der Waals surface area contributed by atoms with Gasteiger partial charge in [-0.1, -0.05) is 47.6 Å². The van der Waals surface area contributed by atoms with Crippen LogP contribution in [0.15, 0.2) is 59.7 Å². The molecular weight excluding hydrogens is 280 g/mol. The minimum Gasteiger partial charge on any atom is -0.388 e. The summed E-state index contributed by atoms with van der Waals surface area (Å²) >= 11 is 0. The molecule has 0 spiro atoms. The Labute approximate surface area is 128 Å². The van der Waals surface area contributed by atoms with Crippen LogP contribution in [0.2, 0.25) is 0 Å². The minimum absolute atomic E-state index is 0.163. The molecule has 0 aromatic heterocycles. The summed E-state index contributed by atoms with van der Waals surface area (Å²) in [5, 5.41) is 16.8. The summed E-state index contributed by atoms with van der Waals surface area (Å²) in [4.78, 5) is 13.8. The predicted octanol–water partition coefficient (Wildman–Crippen LogP) is 3.73. The van der Waals surface area contributed by atoms with Crippen molar-refractivity contribution in [1.82, 2.24) is 0 Å². The standard InChI is InChI=1S/C16H16N4O2/c1-11(21)18-14-9-7-12(8-10-14)15(19-20-17)16(22)13-5-3-2-4-6-13/h2-10,15-16,22H,1H3,(H,18,21)/t15-,16-/m1/s1. The Morgan fingerprint density at radius 2 is 1.77 bits per heavy atom. The zero-order chi connectivity index (χ0) is 15.9. The maximum atomic E-state index is 11.0. The first-order chi connectivity index (χ1) is 10.6. The molecule has 22 heavy (non-hydrogen) atoms. The maximum Gasteiger partial charge on any atom is 0.221 e. The van der Waals surface area contributed by atoms with Gasteiger partial charge >= 0.3 is 0 Å². The number of carbonyl (C=O) groups is 1. The highest BCUT2D eigenvalue weighted by atomic mass is 16.3. The third-order valence-electron chi connectivity index (χ3n) is 3.19. The van der Waals surface area contributed by atoms with Crippen LogP contribution in [-0.4, -0.2) is 11.0 Å². The first-order valence-electron chi connectivity index (χ1n) is 6.76. The first-order valence-corrected chi connectivity index (χ1v) is 6.76.